The van der Waals surface area contributed by atoms with Crippen LogP contribution in [0.3, 0.4) is 0 Å². The molecule has 0 bridgehead atoms. The maximum atomic E-state index is 15.1. The minimum absolute atomic E-state index is 0.101. The van der Waals surface area contributed by atoms with Gasteiger partial charge in [-0.3, -0.25) is 9.48 Å². The van der Waals surface area contributed by atoms with Gasteiger partial charge in [-0.05, 0) is 50.1 Å². The van der Waals surface area contributed by atoms with E-state index in [-0.39, 0.29) is 11.1 Å². The third kappa shape index (κ3) is 3.39. The highest BCUT2D eigenvalue weighted by Crippen LogP contribution is 2.30. The summed E-state index contributed by atoms with van der Waals surface area (Å²) in [5, 5.41) is 4.45. The van der Waals surface area contributed by atoms with Gasteiger partial charge in [0.1, 0.15) is 17.2 Å². The van der Waals surface area contributed by atoms with Gasteiger partial charge in [-0.1, -0.05) is 0 Å². The average molecular weight is 433 g/mol. The fraction of sp³-hybridized carbons (Fsp3) is 0.304. The number of benzene rings is 1. The van der Waals surface area contributed by atoms with Crippen molar-refractivity contribution in [3.63, 3.8) is 0 Å². The third-order valence-corrected chi connectivity index (χ3v) is 6.07. The minimum Gasteiger partial charge on any atom is -0.366 e. The summed E-state index contributed by atoms with van der Waals surface area (Å²) in [5.74, 6) is -0.0597. The zero-order chi connectivity index (χ0) is 22.4. The molecule has 0 spiro atoms. The summed E-state index contributed by atoms with van der Waals surface area (Å²) < 4.78 is 18.7. The van der Waals surface area contributed by atoms with Crippen LogP contribution in [0.25, 0.3) is 22.4 Å². The topological polar surface area (TPSA) is 94.9 Å². The number of rotatable bonds is 5. The first-order valence-corrected chi connectivity index (χ1v) is 10.6. The Bertz CT molecular complexity index is 1310. The van der Waals surface area contributed by atoms with Crippen molar-refractivity contribution in [2.24, 2.45) is 12.8 Å². The Morgan fingerprint density at radius 3 is 2.72 bits per heavy atom. The van der Waals surface area contributed by atoms with Crippen LogP contribution in [-0.2, 0) is 13.6 Å². The number of imidazole rings is 1. The lowest BCUT2D eigenvalue weighted by Crippen LogP contribution is -2.26. The molecule has 4 aromatic rings. The van der Waals surface area contributed by atoms with Gasteiger partial charge >= 0.3 is 0 Å². The zero-order valence-corrected chi connectivity index (χ0v) is 18.0. The quantitative estimate of drug-likeness (QED) is 0.522. The molecule has 1 saturated heterocycles. The molecule has 1 aliphatic rings. The average Bonchev–Trinajstić information content (AvgIpc) is 3.48. The van der Waals surface area contributed by atoms with Crippen LogP contribution in [0.2, 0.25) is 0 Å². The van der Waals surface area contributed by atoms with Crippen molar-refractivity contribution in [2.75, 3.05) is 11.4 Å². The summed E-state index contributed by atoms with van der Waals surface area (Å²) in [6.45, 7) is 3.59. The Balaban J connectivity index is 1.62. The molecule has 0 radical (unpaired) electrons. The predicted molar refractivity (Wildman–Crippen MR) is 120 cm³/mol. The highest BCUT2D eigenvalue weighted by molar-refractivity contribution is 5.97. The van der Waals surface area contributed by atoms with Crippen LogP contribution in [0.15, 0.2) is 42.7 Å². The number of anilines is 1. The molecule has 1 atom stereocenters. The van der Waals surface area contributed by atoms with E-state index >= 15 is 4.39 Å². The van der Waals surface area contributed by atoms with Gasteiger partial charge in [0.15, 0.2) is 5.82 Å². The van der Waals surface area contributed by atoms with Crippen molar-refractivity contribution in [3.05, 3.63) is 59.8 Å². The largest absolute Gasteiger partial charge is 0.366 e. The van der Waals surface area contributed by atoms with Crippen LogP contribution in [0.1, 0.15) is 35.8 Å². The summed E-state index contributed by atoms with van der Waals surface area (Å²) in [6, 6.07) is 9.37. The molecule has 5 rings (SSSR count). The molecule has 2 N–H and O–H groups in total. The van der Waals surface area contributed by atoms with Gasteiger partial charge in [0.25, 0.3) is 5.91 Å². The number of aryl methyl sites for hydroxylation is 1. The summed E-state index contributed by atoms with van der Waals surface area (Å²) in [7, 11) is 1.84. The molecule has 0 aliphatic carbocycles. The lowest BCUT2D eigenvalue weighted by atomic mass is 10.1. The first-order valence-electron chi connectivity index (χ1n) is 10.6. The molecule has 164 valence electrons. The maximum Gasteiger partial charge on any atom is 0.251 e. The number of amides is 1. The molecule has 1 aliphatic heterocycles. The first-order chi connectivity index (χ1) is 15.4. The van der Waals surface area contributed by atoms with Gasteiger partial charge in [-0.2, -0.15) is 5.10 Å². The van der Waals surface area contributed by atoms with Crippen molar-refractivity contribution in [3.8, 4) is 11.4 Å². The van der Waals surface area contributed by atoms with Crippen molar-refractivity contribution in [1.29, 1.82) is 0 Å². The monoisotopic (exact) mass is 433 g/mol. The molecule has 3 aromatic heterocycles. The molecule has 1 fully saturated rings. The number of primary amides is 1. The summed E-state index contributed by atoms with van der Waals surface area (Å²) in [4.78, 5) is 23.1. The number of carbonyl (C=O) groups excluding carboxylic acids is 1. The molecule has 4 heterocycles. The number of nitrogens with zero attached hydrogens (tertiary/aromatic N) is 6. The Kier molecular flexibility index (Phi) is 4.88. The molecule has 1 unspecified atom stereocenters. The lowest BCUT2D eigenvalue weighted by Gasteiger charge is -2.22. The fourth-order valence-electron chi connectivity index (χ4n) is 4.40. The highest BCUT2D eigenvalue weighted by atomic mass is 19.1. The Hall–Kier alpha value is -3.75. The van der Waals surface area contributed by atoms with Gasteiger partial charge in [0.05, 0.1) is 23.3 Å². The Morgan fingerprint density at radius 1 is 1.25 bits per heavy atom. The predicted octanol–water partition coefficient (Wildman–Crippen LogP) is 3.11. The van der Waals surface area contributed by atoms with Crippen LogP contribution in [-0.4, -0.2) is 42.8 Å². The summed E-state index contributed by atoms with van der Waals surface area (Å²) >= 11 is 0. The number of pyridine rings is 1. The van der Waals surface area contributed by atoms with Gasteiger partial charge in [-0.15, -0.1) is 0 Å². The van der Waals surface area contributed by atoms with Crippen molar-refractivity contribution >= 4 is 22.8 Å². The van der Waals surface area contributed by atoms with Crippen molar-refractivity contribution in [2.45, 2.75) is 32.4 Å². The number of fused-ring (bicyclic) bond motifs is 1. The van der Waals surface area contributed by atoms with E-state index in [1.165, 1.54) is 6.07 Å². The standard InChI is InChI=1S/C23H24FN7O/c1-14-4-3-10-30(14)19-8-5-15(12-26-19)23-27-21-18(7-6-17(20(21)24)22(25)32)31(23)13-16-9-11-29(2)28-16/h5-9,11-12,14H,3-4,10,13H2,1-2H3,(H2,25,32). The molecule has 0 saturated carbocycles. The number of halogens is 1. The normalized spacial score (nSPS) is 16.2. The summed E-state index contributed by atoms with van der Waals surface area (Å²) in [6.07, 6.45) is 5.94. The molecule has 32 heavy (non-hydrogen) atoms. The molecule has 9 heteroatoms. The van der Waals surface area contributed by atoms with E-state index in [1.54, 1.807) is 16.9 Å². The van der Waals surface area contributed by atoms with Gasteiger partial charge in [-0.25, -0.2) is 14.4 Å². The van der Waals surface area contributed by atoms with E-state index in [4.69, 9.17) is 5.73 Å². The highest BCUT2D eigenvalue weighted by Gasteiger charge is 2.23. The zero-order valence-electron chi connectivity index (χ0n) is 18.0. The second-order valence-electron chi connectivity index (χ2n) is 8.25. The Morgan fingerprint density at radius 2 is 2.09 bits per heavy atom. The molecular weight excluding hydrogens is 409 g/mol. The number of hydrogen-bond donors (Lipinski definition) is 1. The minimum atomic E-state index is -0.823. The molecule has 1 aromatic carbocycles. The van der Waals surface area contributed by atoms with Gasteiger partial charge in [0, 0.05) is 37.6 Å². The van der Waals surface area contributed by atoms with Gasteiger partial charge < -0.3 is 15.2 Å². The van der Waals surface area contributed by atoms with Crippen LogP contribution >= 0.6 is 0 Å². The second kappa shape index (κ2) is 7.74. The van der Waals surface area contributed by atoms with E-state index in [0.29, 0.717) is 23.9 Å². The number of nitrogens with two attached hydrogens (primary N) is 1. The van der Waals surface area contributed by atoms with E-state index in [0.717, 1.165) is 36.5 Å². The number of carbonyl (C=O) groups is 1. The number of hydrogen-bond acceptors (Lipinski definition) is 5. The van der Waals surface area contributed by atoms with Crippen molar-refractivity contribution in [1.82, 2.24) is 24.3 Å². The SMILES string of the molecule is CC1CCCN1c1ccc(-c2nc3c(F)c(C(N)=O)ccc3n2Cc2ccn(C)n2)cn1. The molecule has 1 amide bonds. The first kappa shape index (κ1) is 20.2. The van der Waals surface area contributed by atoms with Crippen LogP contribution in [0.4, 0.5) is 10.2 Å². The van der Waals surface area contributed by atoms with E-state index in [9.17, 15) is 4.79 Å². The van der Waals surface area contributed by atoms with Crippen molar-refractivity contribution < 1.29 is 9.18 Å². The fourth-order valence-corrected chi connectivity index (χ4v) is 4.40. The Labute approximate surface area is 184 Å². The third-order valence-electron chi connectivity index (χ3n) is 6.07. The molecular formula is C23H24FN7O. The van der Waals surface area contributed by atoms with Crippen LogP contribution in [0, 0.1) is 5.82 Å². The summed E-state index contributed by atoms with van der Waals surface area (Å²) in [5.41, 5.74) is 7.38. The maximum absolute atomic E-state index is 15.1. The van der Waals surface area contributed by atoms with E-state index in [2.05, 4.69) is 26.9 Å². The smallest absolute Gasteiger partial charge is 0.251 e. The van der Waals surface area contributed by atoms with E-state index in [1.807, 2.05) is 36.0 Å². The van der Waals surface area contributed by atoms with Crippen LogP contribution < -0.4 is 10.6 Å². The van der Waals surface area contributed by atoms with Gasteiger partial charge in [0.2, 0.25) is 0 Å². The van der Waals surface area contributed by atoms with E-state index < -0.39 is 11.7 Å². The second-order valence-corrected chi connectivity index (χ2v) is 8.25. The number of aromatic nitrogens is 5. The molecule has 8 nitrogen and oxygen atoms in total. The van der Waals surface area contributed by atoms with Crippen LogP contribution in [0.5, 0.6) is 0 Å². The lowest BCUT2D eigenvalue weighted by molar-refractivity contribution is 0.0996.